The van der Waals surface area contributed by atoms with Gasteiger partial charge in [-0.25, -0.2) is 0 Å². The highest BCUT2D eigenvalue weighted by molar-refractivity contribution is 14.1. The molecule has 0 spiro atoms. The van der Waals surface area contributed by atoms with E-state index in [0.717, 1.165) is 16.9 Å². The zero-order valence-corrected chi connectivity index (χ0v) is 13.3. The van der Waals surface area contributed by atoms with E-state index in [1.165, 1.54) is 0 Å². The van der Waals surface area contributed by atoms with Crippen molar-refractivity contribution >= 4 is 56.4 Å². The molecule has 82 valence electrons. The molecule has 0 radical (unpaired) electrons. The van der Waals surface area contributed by atoms with Crippen molar-refractivity contribution in [3.63, 3.8) is 0 Å². The monoisotopic (exact) mass is 454 g/mol. The van der Waals surface area contributed by atoms with Crippen LogP contribution < -0.4 is 0 Å². The number of benzene rings is 2. The maximum Gasteiger partial charge on any atom is 0.158 e. The van der Waals surface area contributed by atoms with Gasteiger partial charge in [0, 0.05) is 18.3 Å². The first-order chi connectivity index (χ1) is 7.66. The molecule has 4 heteroatoms. The summed E-state index contributed by atoms with van der Waals surface area (Å²) in [6.45, 7) is 0. The van der Waals surface area contributed by atoms with E-state index in [0.29, 0.717) is 0 Å². The Balaban J connectivity index is 2.28. The quantitative estimate of drug-likeness (QED) is 0.496. The van der Waals surface area contributed by atoms with E-state index >= 15 is 0 Å². The molecule has 0 bridgehead atoms. The van der Waals surface area contributed by atoms with Crippen LogP contribution >= 0.6 is 45.2 Å². The molecule has 0 unspecified atom stereocenters. The predicted octanol–water partition coefficient (Wildman–Crippen LogP) is 4.06. The van der Waals surface area contributed by atoms with Gasteiger partial charge in [0.2, 0.25) is 0 Å². The molecule has 1 nitrogen and oxygen atoms in total. The summed E-state index contributed by atoms with van der Waals surface area (Å²) >= 11 is 3.41. The fraction of sp³-hybridized carbons (Fsp3) is 0. The summed E-state index contributed by atoms with van der Waals surface area (Å²) in [6.07, 6.45) is 0. The van der Waals surface area contributed by atoms with E-state index in [1.54, 1.807) is 0 Å². The van der Waals surface area contributed by atoms with Gasteiger partial charge in [0.25, 0.3) is 0 Å². The van der Waals surface area contributed by atoms with Crippen LogP contribution in [0.1, 0.15) is 0 Å². The van der Waals surface area contributed by atoms with Crippen molar-refractivity contribution in [1.82, 2.24) is 0 Å². The Labute approximate surface area is 125 Å². The lowest BCUT2D eigenvalue weighted by Gasteiger charge is -2.09. The summed E-state index contributed by atoms with van der Waals surface area (Å²) < 4.78 is 14.5. The lowest BCUT2D eigenvalue weighted by Crippen LogP contribution is -2.01. The van der Waals surface area contributed by atoms with Crippen LogP contribution in [-0.2, 0) is 11.2 Å². The average Bonchev–Trinajstić information content (AvgIpc) is 2.30. The van der Waals surface area contributed by atoms with Crippen molar-refractivity contribution in [2.75, 3.05) is 0 Å². The third-order valence-corrected chi connectivity index (χ3v) is 4.89. The molecule has 0 aromatic heterocycles. The minimum Gasteiger partial charge on any atom is -0.606 e. The van der Waals surface area contributed by atoms with Crippen LogP contribution in [0, 0.1) is 7.14 Å². The smallest absolute Gasteiger partial charge is 0.158 e. The molecule has 0 amide bonds. The van der Waals surface area contributed by atoms with Gasteiger partial charge >= 0.3 is 0 Å². The van der Waals surface area contributed by atoms with Crippen LogP contribution in [0.3, 0.4) is 0 Å². The number of halogens is 2. The van der Waals surface area contributed by atoms with Crippen LogP contribution in [0.4, 0.5) is 0 Å². The maximum absolute atomic E-state index is 12.2. The molecule has 0 atom stereocenters. The van der Waals surface area contributed by atoms with Gasteiger partial charge in [0.1, 0.15) is 0 Å². The molecule has 2 aromatic rings. The highest BCUT2D eigenvalue weighted by Gasteiger charge is 2.13. The zero-order valence-electron chi connectivity index (χ0n) is 8.19. The molecule has 0 saturated heterocycles. The van der Waals surface area contributed by atoms with E-state index in [9.17, 15) is 4.55 Å². The number of rotatable bonds is 2. The van der Waals surface area contributed by atoms with E-state index in [-0.39, 0.29) is 0 Å². The maximum atomic E-state index is 12.2. The van der Waals surface area contributed by atoms with Gasteiger partial charge in [0.15, 0.2) is 9.79 Å². The number of hydrogen-bond acceptors (Lipinski definition) is 1. The second-order valence-corrected chi connectivity index (χ2v) is 7.15. The molecule has 0 saturated carbocycles. The van der Waals surface area contributed by atoms with Gasteiger partial charge in [-0.3, -0.25) is 0 Å². The first-order valence-electron chi connectivity index (χ1n) is 4.60. The van der Waals surface area contributed by atoms with E-state index in [2.05, 4.69) is 45.2 Å². The molecule has 0 fully saturated rings. The molecule has 16 heavy (non-hydrogen) atoms. The minimum absolute atomic E-state index is 0.849. The molecule has 0 heterocycles. The molecule has 0 aliphatic heterocycles. The minimum atomic E-state index is -1.07. The fourth-order valence-corrected chi connectivity index (χ4v) is 3.01. The van der Waals surface area contributed by atoms with Gasteiger partial charge in [0.05, 0.1) is 0 Å². The Kier molecular flexibility index (Phi) is 4.51. The Morgan fingerprint density at radius 1 is 0.688 bits per heavy atom. The molecule has 2 aromatic carbocycles. The van der Waals surface area contributed by atoms with Gasteiger partial charge in [-0.2, -0.15) is 0 Å². The fourth-order valence-electron chi connectivity index (χ4n) is 1.25. The van der Waals surface area contributed by atoms with Gasteiger partial charge in [-0.15, -0.1) is 0 Å². The summed E-state index contributed by atoms with van der Waals surface area (Å²) in [7, 11) is 0. The average molecular weight is 454 g/mol. The van der Waals surface area contributed by atoms with Crippen molar-refractivity contribution < 1.29 is 4.55 Å². The Hall–Kier alpha value is 0.210. The lowest BCUT2D eigenvalue weighted by atomic mass is 10.4. The Morgan fingerprint density at radius 2 is 1.00 bits per heavy atom. The summed E-state index contributed by atoms with van der Waals surface area (Å²) in [6, 6.07) is 15.5. The van der Waals surface area contributed by atoms with Gasteiger partial charge in [-0.05, 0) is 93.7 Å². The zero-order chi connectivity index (χ0) is 11.5. The first kappa shape index (κ1) is 12.7. The predicted molar refractivity (Wildman–Crippen MR) is 83.0 cm³/mol. The third-order valence-electron chi connectivity index (χ3n) is 2.06. The molecule has 0 N–H and O–H groups in total. The van der Waals surface area contributed by atoms with E-state index in [1.807, 2.05) is 48.5 Å². The Morgan fingerprint density at radius 3 is 1.31 bits per heavy atom. The summed E-state index contributed by atoms with van der Waals surface area (Å²) in [4.78, 5) is 1.70. The second-order valence-electron chi connectivity index (χ2n) is 3.18. The highest BCUT2D eigenvalue weighted by Crippen LogP contribution is 2.22. The van der Waals surface area contributed by atoms with Crippen molar-refractivity contribution in [3.8, 4) is 0 Å². The van der Waals surface area contributed by atoms with Crippen molar-refractivity contribution in [1.29, 1.82) is 0 Å². The van der Waals surface area contributed by atoms with E-state index < -0.39 is 11.2 Å². The van der Waals surface area contributed by atoms with Crippen LogP contribution in [-0.4, -0.2) is 4.55 Å². The SMILES string of the molecule is [O-][S+](c1ccc(I)cc1)c1ccc(I)cc1. The largest absolute Gasteiger partial charge is 0.606 e. The van der Waals surface area contributed by atoms with Gasteiger partial charge in [-0.1, -0.05) is 0 Å². The molecular formula is C12H8I2OS. The summed E-state index contributed by atoms with van der Waals surface area (Å²) in [5.41, 5.74) is 0. The normalized spacial score (nSPS) is 10.8. The lowest BCUT2D eigenvalue weighted by molar-refractivity contribution is 0.595. The van der Waals surface area contributed by atoms with E-state index in [4.69, 9.17) is 0 Å². The number of hydrogen-bond donors (Lipinski definition) is 0. The van der Waals surface area contributed by atoms with Crippen LogP contribution in [0.2, 0.25) is 0 Å². The summed E-state index contributed by atoms with van der Waals surface area (Å²) in [5.74, 6) is 0. The highest BCUT2D eigenvalue weighted by atomic mass is 127. The first-order valence-corrected chi connectivity index (χ1v) is 7.90. The third kappa shape index (κ3) is 3.12. The van der Waals surface area contributed by atoms with Crippen LogP contribution in [0.15, 0.2) is 58.3 Å². The van der Waals surface area contributed by atoms with Crippen LogP contribution in [0.25, 0.3) is 0 Å². The molecule has 0 aliphatic carbocycles. The Bertz CT molecular complexity index is 422. The summed E-state index contributed by atoms with van der Waals surface area (Å²) in [5, 5.41) is 0. The van der Waals surface area contributed by atoms with Crippen molar-refractivity contribution in [2.24, 2.45) is 0 Å². The standard InChI is InChI=1S/C12H8I2OS/c13-9-1-5-11(6-2-9)16(15)12-7-3-10(14)4-8-12/h1-8H. The molecule has 0 aliphatic rings. The molecular weight excluding hydrogens is 446 g/mol. The second kappa shape index (κ2) is 5.70. The molecule has 2 rings (SSSR count). The van der Waals surface area contributed by atoms with Crippen molar-refractivity contribution in [3.05, 3.63) is 55.7 Å². The van der Waals surface area contributed by atoms with Crippen molar-refractivity contribution in [2.45, 2.75) is 9.79 Å². The van der Waals surface area contributed by atoms with Gasteiger partial charge < -0.3 is 4.55 Å². The topological polar surface area (TPSA) is 23.1 Å². The van der Waals surface area contributed by atoms with Crippen LogP contribution in [0.5, 0.6) is 0 Å².